The van der Waals surface area contributed by atoms with Gasteiger partial charge in [-0.3, -0.25) is 4.79 Å². The van der Waals surface area contributed by atoms with Crippen LogP contribution in [0.25, 0.3) is 10.9 Å². The van der Waals surface area contributed by atoms with Crippen molar-refractivity contribution in [2.24, 2.45) is 5.73 Å². The van der Waals surface area contributed by atoms with Crippen LogP contribution < -0.4 is 10.5 Å². The molecular formula is C14H14N2O2. The number of nitrogens with zero attached hydrogens (tertiary/aromatic N) is 1. The first-order valence-corrected chi connectivity index (χ1v) is 6.01. The largest absolute Gasteiger partial charge is 0.474 e. The van der Waals surface area contributed by atoms with E-state index in [0.717, 1.165) is 29.3 Å². The number of nitrogens with two attached hydrogens (primary N) is 1. The van der Waals surface area contributed by atoms with Gasteiger partial charge in [-0.2, -0.15) is 0 Å². The van der Waals surface area contributed by atoms with Crippen molar-refractivity contribution in [3.63, 3.8) is 0 Å². The molecule has 1 fully saturated rings. The zero-order valence-corrected chi connectivity index (χ0v) is 10.1. The molecule has 1 aliphatic carbocycles. The molecule has 0 bridgehead atoms. The number of amides is 1. The highest BCUT2D eigenvalue weighted by atomic mass is 16.5. The van der Waals surface area contributed by atoms with E-state index < -0.39 is 5.91 Å². The summed E-state index contributed by atoms with van der Waals surface area (Å²) in [6.07, 6.45) is 2.55. The Balaban J connectivity index is 2.06. The molecule has 4 nitrogen and oxygen atoms in total. The number of carbonyl (C=O) groups excluding carboxylic acids is 1. The zero-order chi connectivity index (χ0) is 12.7. The third kappa shape index (κ3) is 2.01. The fourth-order valence-electron chi connectivity index (χ4n) is 1.88. The van der Waals surface area contributed by atoms with Gasteiger partial charge in [-0.15, -0.1) is 0 Å². The lowest BCUT2D eigenvalue weighted by Gasteiger charge is -2.08. The van der Waals surface area contributed by atoms with Crippen LogP contribution in [-0.4, -0.2) is 17.0 Å². The third-order valence-corrected chi connectivity index (χ3v) is 3.05. The highest BCUT2D eigenvalue weighted by Crippen LogP contribution is 2.29. The number of aromatic nitrogens is 1. The maximum atomic E-state index is 11.1. The number of fused-ring (bicyclic) bond motifs is 1. The first kappa shape index (κ1) is 11.0. The number of hydrogen-bond acceptors (Lipinski definition) is 3. The van der Waals surface area contributed by atoms with Gasteiger partial charge in [0.25, 0.3) is 0 Å². The van der Waals surface area contributed by atoms with Crippen LogP contribution in [0.5, 0.6) is 5.88 Å². The van der Waals surface area contributed by atoms with Crippen LogP contribution in [0, 0.1) is 6.92 Å². The van der Waals surface area contributed by atoms with Crippen LogP contribution >= 0.6 is 0 Å². The summed E-state index contributed by atoms with van der Waals surface area (Å²) in [6.45, 7) is 1.96. The summed E-state index contributed by atoms with van der Waals surface area (Å²) in [5.74, 6) is 0.268. The van der Waals surface area contributed by atoms with Crippen LogP contribution in [0.2, 0.25) is 0 Å². The zero-order valence-electron chi connectivity index (χ0n) is 10.1. The quantitative estimate of drug-likeness (QED) is 0.897. The Kier molecular flexibility index (Phi) is 2.44. The summed E-state index contributed by atoms with van der Waals surface area (Å²) < 4.78 is 5.74. The van der Waals surface area contributed by atoms with Crippen molar-refractivity contribution >= 4 is 16.8 Å². The second-order valence-electron chi connectivity index (χ2n) is 4.70. The molecule has 1 heterocycles. The molecule has 0 unspecified atom stereocenters. The molecule has 0 aliphatic heterocycles. The molecule has 1 aromatic heterocycles. The van der Waals surface area contributed by atoms with Crippen LogP contribution in [0.1, 0.15) is 28.8 Å². The number of benzene rings is 1. The smallest absolute Gasteiger partial charge is 0.248 e. The summed E-state index contributed by atoms with van der Waals surface area (Å²) in [4.78, 5) is 15.6. The number of rotatable bonds is 3. The van der Waals surface area contributed by atoms with Crippen molar-refractivity contribution < 1.29 is 9.53 Å². The Morgan fingerprint density at radius 3 is 2.83 bits per heavy atom. The highest BCUT2D eigenvalue weighted by Gasteiger charge is 2.24. The molecule has 2 N–H and O–H groups in total. The normalized spacial score (nSPS) is 14.7. The second kappa shape index (κ2) is 3.98. The molecule has 0 saturated heterocycles. The maximum Gasteiger partial charge on any atom is 0.248 e. The minimum atomic E-state index is -0.423. The lowest BCUT2D eigenvalue weighted by atomic mass is 10.1. The van der Waals surface area contributed by atoms with E-state index in [1.165, 1.54) is 0 Å². The van der Waals surface area contributed by atoms with E-state index in [0.29, 0.717) is 17.5 Å². The van der Waals surface area contributed by atoms with E-state index in [1.54, 1.807) is 18.2 Å². The van der Waals surface area contributed by atoms with E-state index in [-0.39, 0.29) is 0 Å². The summed E-state index contributed by atoms with van der Waals surface area (Å²) in [7, 11) is 0. The fourth-order valence-corrected chi connectivity index (χ4v) is 1.88. The van der Waals surface area contributed by atoms with Gasteiger partial charge in [0, 0.05) is 16.5 Å². The molecule has 4 heteroatoms. The van der Waals surface area contributed by atoms with Crippen molar-refractivity contribution in [2.45, 2.75) is 25.9 Å². The minimum absolute atomic E-state index is 0.332. The van der Waals surface area contributed by atoms with Crippen LogP contribution in [-0.2, 0) is 0 Å². The Labute approximate surface area is 105 Å². The second-order valence-corrected chi connectivity index (χ2v) is 4.70. The number of hydrogen-bond donors (Lipinski definition) is 1. The van der Waals surface area contributed by atoms with Crippen molar-refractivity contribution in [3.05, 3.63) is 35.4 Å². The third-order valence-electron chi connectivity index (χ3n) is 3.05. The Morgan fingerprint density at radius 2 is 2.17 bits per heavy atom. The van der Waals surface area contributed by atoms with Gasteiger partial charge >= 0.3 is 0 Å². The Bertz CT molecular complexity index is 633. The first-order chi connectivity index (χ1) is 8.63. The van der Waals surface area contributed by atoms with Gasteiger partial charge in [0.2, 0.25) is 11.8 Å². The molecule has 2 aromatic rings. The lowest BCUT2D eigenvalue weighted by Crippen LogP contribution is -2.10. The van der Waals surface area contributed by atoms with E-state index in [9.17, 15) is 4.79 Å². The molecular weight excluding hydrogens is 228 g/mol. The number of carbonyl (C=O) groups is 1. The molecule has 0 atom stereocenters. The number of primary amides is 1. The topological polar surface area (TPSA) is 65.2 Å². The maximum absolute atomic E-state index is 11.1. The van der Waals surface area contributed by atoms with E-state index in [1.807, 2.05) is 13.0 Å². The molecule has 1 aromatic carbocycles. The summed E-state index contributed by atoms with van der Waals surface area (Å²) in [6, 6.07) is 7.23. The average molecular weight is 242 g/mol. The SMILES string of the molecule is Cc1cc2cc(C(N)=O)ccc2nc1OC1CC1. The molecule has 18 heavy (non-hydrogen) atoms. The molecule has 1 aliphatic rings. The summed E-state index contributed by atoms with van der Waals surface area (Å²) in [5.41, 5.74) is 7.57. The number of aryl methyl sites for hydroxylation is 1. The van der Waals surface area contributed by atoms with Crippen molar-refractivity contribution in [2.75, 3.05) is 0 Å². The molecule has 1 saturated carbocycles. The molecule has 0 radical (unpaired) electrons. The predicted octanol–water partition coefficient (Wildman–Crippen LogP) is 2.18. The van der Waals surface area contributed by atoms with Crippen molar-refractivity contribution in [3.8, 4) is 5.88 Å². The van der Waals surface area contributed by atoms with Gasteiger partial charge in [-0.25, -0.2) is 4.98 Å². The molecule has 1 amide bonds. The summed E-state index contributed by atoms with van der Waals surface area (Å²) in [5, 5.41) is 0.909. The van der Waals surface area contributed by atoms with Crippen LogP contribution in [0.15, 0.2) is 24.3 Å². The highest BCUT2D eigenvalue weighted by molar-refractivity contribution is 5.97. The lowest BCUT2D eigenvalue weighted by molar-refractivity contribution is 0.100. The van der Waals surface area contributed by atoms with Crippen molar-refractivity contribution in [1.82, 2.24) is 4.98 Å². The average Bonchev–Trinajstić information content (AvgIpc) is 3.13. The first-order valence-electron chi connectivity index (χ1n) is 6.01. The van der Waals surface area contributed by atoms with E-state index in [4.69, 9.17) is 10.5 Å². The van der Waals surface area contributed by atoms with Gasteiger partial charge < -0.3 is 10.5 Å². The van der Waals surface area contributed by atoms with Gasteiger partial charge in [0.05, 0.1) is 5.52 Å². The van der Waals surface area contributed by atoms with Crippen LogP contribution in [0.4, 0.5) is 0 Å². The minimum Gasteiger partial charge on any atom is -0.474 e. The molecule has 92 valence electrons. The van der Waals surface area contributed by atoms with Crippen LogP contribution in [0.3, 0.4) is 0 Å². The van der Waals surface area contributed by atoms with Crippen molar-refractivity contribution in [1.29, 1.82) is 0 Å². The molecule has 3 rings (SSSR count). The Morgan fingerprint density at radius 1 is 1.39 bits per heavy atom. The predicted molar refractivity (Wildman–Crippen MR) is 68.6 cm³/mol. The van der Waals surface area contributed by atoms with Gasteiger partial charge in [-0.1, -0.05) is 0 Å². The monoisotopic (exact) mass is 242 g/mol. The summed E-state index contributed by atoms with van der Waals surface area (Å²) >= 11 is 0. The van der Waals surface area contributed by atoms with Gasteiger partial charge in [-0.05, 0) is 44.0 Å². The fraction of sp³-hybridized carbons (Fsp3) is 0.286. The van der Waals surface area contributed by atoms with E-state index >= 15 is 0 Å². The number of pyridine rings is 1. The molecule has 0 spiro atoms. The van der Waals surface area contributed by atoms with Gasteiger partial charge in [0.1, 0.15) is 6.10 Å². The standard InChI is InChI=1S/C14H14N2O2/c1-8-6-10-7-9(13(15)17)2-5-12(10)16-14(8)18-11-3-4-11/h2,5-7,11H,3-4H2,1H3,(H2,15,17). The van der Waals surface area contributed by atoms with Gasteiger partial charge in [0.15, 0.2) is 0 Å². The number of ether oxygens (including phenoxy) is 1. The Hall–Kier alpha value is -2.10. The van der Waals surface area contributed by atoms with E-state index in [2.05, 4.69) is 4.98 Å².